The number of nitrogens with zero attached hydrogens (tertiary/aromatic N) is 4. The van der Waals surface area contributed by atoms with E-state index in [-0.39, 0.29) is 0 Å². The van der Waals surface area contributed by atoms with Crippen LogP contribution in [0.1, 0.15) is 22.4 Å². The van der Waals surface area contributed by atoms with Gasteiger partial charge in [-0.15, -0.1) is 0 Å². The molecule has 0 spiro atoms. The lowest BCUT2D eigenvalue weighted by atomic mass is 10.1. The smallest absolute Gasteiger partial charge is 0.146 e. The van der Waals surface area contributed by atoms with Crippen molar-refractivity contribution >= 4 is 5.82 Å². The zero-order chi connectivity index (χ0) is 14.5. The van der Waals surface area contributed by atoms with Crippen LogP contribution in [0.5, 0.6) is 0 Å². The van der Waals surface area contributed by atoms with Crippen LogP contribution < -0.4 is 4.90 Å². The molecule has 0 radical (unpaired) electrons. The van der Waals surface area contributed by atoms with Gasteiger partial charge in [-0.1, -0.05) is 12.1 Å². The van der Waals surface area contributed by atoms with Crippen molar-refractivity contribution in [3.63, 3.8) is 0 Å². The maximum Gasteiger partial charge on any atom is 0.146 e. The van der Waals surface area contributed by atoms with Crippen molar-refractivity contribution in [2.45, 2.75) is 13.5 Å². The second-order valence-corrected chi connectivity index (χ2v) is 4.60. The summed E-state index contributed by atoms with van der Waals surface area (Å²) in [5.74, 6) is 0.662. The Morgan fingerprint density at radius 3 is 2.65 bits per heavy atom. The van der Waals surface area contributed by atoms with E-state index in [1.165, 1.54) is 0 Å². The van der Waals surface area contributed by atoms with E-state index >= 15 is 0 Å². The molecule has 4 heteroatoms. The van der Waals surface area contributed by atoms with Crippen LogP contribution in [0.3, 0.4) is 0 Å². The average Bonchev–Trinajstić information content (AvgIpc) is 2.47. The number of hydrogen-bond donors (Lipinski definition) is 0. The third-order valence-electron chi connectivity index (χ3n) is 2.97. The second kappa shape index (κ2) is 5.86. The molecule has 0 saturated heterocycles. The predicted molar refractivity (Wildman–Crippen MR) is 77.0 cm³/mol. The molecule has 2 rings (SSSR count). The first-order valence-electron chi connectivity index (χ1n) is 6.22. The summed E-state index contributed by atoms with van der Waals surface area (Å²) < 4.78 is 0. The van der Waals surface area contributed by atoms with Gasteiger partial charge < -0.3 is 4.90 Å². The molecule has 0 N–H and O–H groups in total. The van der Waals surface area contributed by atoms with Crippen molar-refractivity contribution in [2.75, 3.05) is 11.9 Å². The van der Waals surface area contributed by atoms with Crippen molar-refractivity contribution in [1.29, 1.82) is 10.5 Å². The van der Waals surface area contributed by atoms with Gasteiger partial charge in [-0.3, -0.25) is 0 Å². The van der Waals surface area contributed by atoms with Crippen molar-refractivity contribution in [3.8, 4) is 12.1 Å². The number of hydrogen-bond acceptors (Lipinski definition) is 4. The minimum atomic E-state index is 0.550. The molecule has 0 saturated carbocycles. The SMILES string of the molecule is Cc1ccc(C#N)c(N(C)Cc2cccc(C#N)c2)n1. The van der Waals surface area contributed by atoms with Gasteiger partial charge in [0, 0.05) is 19.3 Å². The first-order chi connectivity index (χ1) is 9.63. The van der Waals surface area contributed by atoms with Crippen molar-refractivity contribution < 1.29 is 0 Å². The van der Waals surface area contributed by atoms with Crippen LogP contribution in [0.25, 0.3) is 0 Å². The number of anilines is 1. The molecule has 20 heavy (non-hydrogen) atoms. The summed E-state index contributed by atoms with van der Waals surface area (Å²) in [5, 5.41) is 18.1. The maximum absolute atomic E-state index is 9.15. The number of rotatable bonds is 3. The number of benzene rings is 1. The number of pyridine rings is 1. The third-order valence-corrected chi connectivity index (χ3v) is 2.97. The van der Waals surface area contributed by atoms with E-state index in [1.807, 2.05) is 43.1 Å². The van der Waals surface area contributed by atoms with Gasteiger partial charge in [0.05, 0.1) is 17.2 Å². The monoisotopic (exact) mass is 262 g/mol. The van der Waals surface area contributed by atoms with Crippen LogP contribution in [0.4, 0.5) is 5.82 Å². The van der Waals surface area contributed by atoms with Crippen LogP contribution in [0.2, 0.25) is 0 Å². The zero-order valence-electron chi connectivity index (χ0n) is 11.5. The summed E-state index contributed by atoms with van der Waals surface area (Å²) in [6.07, 6.45) is 0. The molecular formula is C16H14N4. The average molecular weight is 262 g/mol. The molecule has 0 unspecified atom stereocenters. The van der Waals surface area contributed by atoms with E-state index in [9.17, 15) is 0 Å². The molecule has 2 aromatic rings. The van der Waals surface area contributed by atoms with Gasteiger partial charge in [0.2, 0.25) is 0 Å². The largest absolute Gasteiger partial charge is 0.354 e. The van der Waals surface area contributed by atoms with Crippen molar-refractivity contribution in [2.24, 2.45) is 0 Å². The number of nitriles is 2. The molecule has 1 aromatic carbocycles. The molecule has 1 aromatic heterocycles. The fourth-order valence-corrected chi connectivity index (χ4v) is 2.01. The lowest BCUT2D eigenvalue weighted by Gasteiger charge is -2.19. The van der Waals surface area contributed by atoms with Crippen molar-refractivity contribution in [3.05, 3.63) is 58.8 Å². The van der Waals surface area contributed by atoms with E-state index in [0.29, 0.717) is 23.5 Å². The standard InChI is InChI=1S/C16H14N4/c1-12-6-7-15(10-18)16(19-12)20(2)11-14-5-3-4-13(8-14)9-17/h3-8H,11H2,1-2H3. The molecule has 0 aliphatic carbocycles. The van der Waals surface area contributed by atoms with Gasteiger partial charge in [-0.25, -0.2) is 4.98 Å². The quantitative estimate of drug-likeness (QED) is 0.853. The molecular weight excluding hydrogens is 248 g/mol. The Labute approximate surface area is 118 Å². The molecule has 1 heterocycles. The Morgan fingerprint density at radius 2 is 1.95 bits per heavy atom. The highest BCUT2D eigenvalue weighted by atomic mass is 15.2. The van der Waals surface area contributed by atoms with Gasteiger partial charge in [0.25, 0.3) is 0 Å². The number of aryl methyl sites for hydroxylation is 1. The molecule has 0 fully saturated rings. The molecule has 0 amide bonds. The molecule has 4 nitrogen and oxygen atoms in total. The molecule has 0 aliphatic rings. The fraction of sp³-hybridized carbons (Fsp3) is 0.188. The lowest BCUT2D eigenvalue weighted by molar-refractivity contribution is 0.889. The summed E-state index contributed by atoms with van der Waals surface area (Å²) in [5.41, 5.74) is 3.07. The zero-order valence-corrected chi connectivity index (χ0v) is 11.5. The van der Waals surface area contributed by atoms with Crippen LogP contribution in [0, 0.1) is 29.6 Å². The van der Waals surface area contributed by atoms with Gasteiger partial charge in [0.15, 0.2) is 0 Å². The first kappa shape index (κ1) is 13.6. The van der Waals surface area contributed by atoms with E-state index in [4.69, 9.17) is 10.5 Å². The van der Waals surface area contributed by atoms with E-state index in [1.54, 1.807) is 12.1 Å². The van der Waals surface area contributed by atoms with E-state index in [2.05, 4.69) is 17.1 Å². The predicted octanol–water partition coefficient (Wildman–Crippen LogP) is 2.77. The lowest BCUT2D eigenvalue weighted by Crippen LogP contribution is -2.19. The van der Waals surface area contributed by atoms with Crippen LogP contribution in [0.15, 0.2) is 36.4 Å². The van der Waals surface area contributed by atoms with Gasteiger partial charge in [-0.2, -0.15) is 10.5 Å². The van der Waals surface area contributed by atoms with Crippen LogP contribution >= 0.6 is 0 Å². The first-order valence-corrected chi connectivity index (χ1v) is 6.22. The molecule has 0 atom stereocenters. The molecule has 0 aliphatic heterocycles. The summed E-state index contributed by atoms with van der Waals surface area (Å²) in [7, 11) is 1.89. The maximum atomic E-state index is 9.15. The highest BCUT2D eigenvalue weighted by molar-refractivity contribution is 5.54. The molecule has 98 valence electrons. The van der Waals surface area contributed by atoms with Gasteiger partial charge in [-0.05, 0) is 36.8 Å². The Morgan fingerprint density at radius 1 is 1.15 bits per heavy atom. The molecule has 0 bridgehead atoms. The van der Waals surface area contributed by atoms with E-state index in [0.717, 1.165) is 11.3 Å². The topological polar surface area (TPSA) is 63.7 Å². The van der Waals surface area contributed by atoms with Crippen molar-refractivity contribution in [1.82, 2.24) is 4.98 Å². The van der Waals surface area contributed by atoms with Crippen LogP contribution in [-0.2, 0) is 6.54 Å². The number of aromatic nitrogens is 1. The Bertz CT molecular complexity index is 707. The highest BCUT2D eigenvalue weighted by Gasteiger charge is 2.10. The summed E-state index contributed by atoms with van der Waals surface area (Å²) in [6.45, 7) is 2.50. The minimum Gasteiger partial charge on any atom is -0.354 e. The second-order valence-electron chi connectivity index (χ2n) is 4.60. The Balaban J connectivity index is 2.28. The Kier molecular flexibility index (Phi) is 3.98. The highest BCUT2D eigenvalue weighted by Crippen LogP contribution is 2.19. The van der Waals surface area contributed by atoms with Gasteiger partial charge in [0.1, 0.15) is 11.9 Å². The summed E-state index contributed by atoms with van der Waals surface area (Å²) in [6, 6.07) is 15.3. The third kappa shape index (κ3) is 2.93. The van der Waals surface area contributed by atoms with Crippen LogP contribution in [-0.4, -0.2) is 12.0 Å². The summed E-state index contributed by atoms with van der Waals surface area (Å²) >= 11 is 0. The minimum absolute atomic E-state index is 0.550. The Hall–Kier alpha value is -2.85. The summed E-state index contributed by atoms with van der Waals surface area (Å²) in [4.78, 5) is 6.34. The fourth-order valence-electron chi connectivity index (χ4n) is 2.01. The van der Waals surface area contributed by atoms with Gasteiger partial charge >= 0.3 is 0 Å². The normalized spacial score (nSPS) is 9.60. The van der Waals surface area contributed by atoms with E-state index < -0.39 is 0 Å².